The van der Waals surface area contributed by atoms with Gasteiger partial charge < -0.3 is 23.7 Å². The van der Waals surface area contributed by atoms with E-state index in [9.17, 15) is 4.79 Å². The molecule has 7 heteroatoms. The van der Waals surface area contributed by atoms with Gasteiger partial charge in [-0.3, -0.25) is 4.79 Å². The Morgan fingerprint density at radius 2 is 1.75 bits per heavy atom. The van der Waals surface area contributed by atoms with E-state index in [2.05, 4.69) is 26.0 Å². The monoisotopic (exact) mass is 546 g/mol. The molecule has 1 aliphatic carbocycles. The summed E-state index contributed by atoms with van der Waals surface area (Å²) in [5, 5.41) is 0. The highest BCUT2D eigenvalue weighted by Gasteiger charge is 2.32. The van der Waals surface area contributed by atoms with Crippen LogP contribution in [0.1, 0.15) is 65.5 Å². The molecule has 3 aromatic rings. The molecular formula is C33H35FO6. The Bertz CT molecular complexity index is 1400. The van der Waals surface area contributed by atoms with Crippen molar-refractivity contribution >= 4 is 5.97 Å². The normalized spacial score (nSPS) is 20.0. The van der Waals surface area contributed by atoms with Crippen LogP contribution in [0.4, 0.5) is 4.39 Å². The zero-order chi connectivity index (χ0) is 27.8. The number of methoxy groups -OCH3 is 1. The highest BCUT2D eigenvalue weighted by Crippen LogP contribution is 2.45. The number of esters is 1. The molecular weight excluding hydrogens is 511 g/mol. The fourth-order valence-electron chi connectivity index (χ4n) is 6.38. The van der Waals surface area contributed by atoms with E-state index >= 15 is 4.39 Å². The van der Waals surface area contributed by atoms with Gasteiger partial charge in [-0.2, -0.15) is 0 Å². The Morgan fingerprint density at radius 3 is 2.50 bits per heavy atom. The molecule has 210 valence electrons. The summed E-state index contributed by atoms with van der Waals surface area (Å²) in [6.45, 7) is 6.08. The molecule has 0 spiro atoms. The Labute approximate surface area is 234 Å². The van der Waals surface area contributed by atoms with Gasteiger partial charge in [-0.15, -0.1) is 0 Å². The van der Waals surface area contributed by atoms with Gasteiger partial charge in [0.15, 0.2) is 0 Å². The van der Waals surface area contributed by atoms with Crippen molar-refractivity contribution in [2.24, 2.45) is 0 Å². The Balaban J connectivity index is 1.24. The molecule has 6 nitrogen and oxygen atoms in total. The quantitative estimate of drug-likeness (QED) is 0.305. The molecule has 40 heavy (non-hydrogen) atoms. The minimum absolute atomic E-state index is 0.0383. The number of benzene rings is 3. The molecule has 0 amide bonds. The van der Waals surface area contributed by atoms with Gasteiger partial charge in [0.1, 0.15) is 35.3 Å². The van der Waals surface area contributed by atoms with Crippen molar-refractivity contribution in [2.45, 2.75) is 64.1 Å². The molecule has 3 aliphatic rings. The van der Waals surface area contributed by atoms with Crippen LogP contribution in [-0.2, 0) is 20.7 Å². The maximum absolute atomic E-state index is 15.3. The average Bonchev–Trinajstić information content (AvgIpc) is 3.54. The molecule has 0 bridgehead atoms. The summed E-state index contributed by atoms with van der Waals surface area (Å²) < 4.78 is 44.1. The summed E-state index contributed by atoms with van der Waals surface area (Å²) in [6, 6.07) is 13.3. The lowest BCUT2D eigenvalue weighted by Crippen LogP contribution is -2.25. The number of carbonyl (C=O) groups excluding carboxylic acids is 1. The van der Waals surface area contributed by atoms with Crippen LogP contribution < -0.4 is 14.2 Å². The van der Waals surface area contributed by atoms with Gasteiger partial charge in [-0.1, -0.05) is 12.1 Å². The number of aryl methyl sites for hydroxylation is 2. The second kappa shape index (κ2) is 11.1. The van der Waals surface area contributed by atoms with Crippen LogP contribution in [0.25, 0.3) is 11.1 Å². The lowest BCUT2D eigenvalue weighted by molar-refractivity contribution is -0.141. The number of ether oxygens (including phenoxy) is 5. The average molecular weight is 547 g/mol. The molecule has 0 saturated carbocycles. The molecule has 2 heterocycles. The summed E-state index contributed by atoms with van der Waals surface area (Å²) in [6.07, 6.45) is 3.28. The Hall–Kier alpha value is -3.58. The first kappa shape index (κ1) is 26.6. The number of fused-ring (bicyclic) bond motifs is 2. The lowest BCUT2D eigenvalue weighted by Gasteiger charge is -2.24. The predicted octanol–water partition coefficient (Wildman–Crippen LogP) is 6.77. The van der Waals surface area contributed by atoms with Crippen molar-refractivity contribution in [1.82, 2.24) is 0 Å². The van der Waals surface area contributed by atoms with E-state index in [0.717, 1.165) is 71.6 Å². The van der Waals surface area contributed by atoms with E-state index in [1.807, 2.05) is 24.3 Å². The van der Waals surface area contributed by atoms with Gasteiger partial charge in [0.05, 0.1) is 33.4 Å². The first-order valence-corrected chi connectivity index (χ1v) is 14.1. The maximum atomic E-state index is 15.3. The molecule has 6 rings (SSSR count). The Kier molecular flexibility index (Phi) is 7.41. The summed E-state index contributed by atoms with van der Waals surface area (Å²) in [5.74, 6) is 1.66. The van der Waals surface area contributed by atoms with E-state index in [4.69, 9.17) is 23.7 Å². The van der Waals surface area contributed by atoms with Gasteiger partial charge in [-0.25, -0.2) is 4.39 Å². The van der Waals surface area contributed by atoms with Crippen molar-refractivity contribution in [2.75, 3.05) is 26.9 Å². The van der Waals surface area contributed by atoms with Crippen molar-refractivity contribution in [1.29, 1.82) is 0 Å². The van der Waals surface area contributed by atoms with Crippen LogP contribution >= 0.6 is 0 Å². The highest BCUT2D eigenvalue weighted by atomic mass is 19.1. The fraction of sp³-hybridized carbons (Fsp3) is 0.424. The summed E-state index contributed by atoms with van der Waals surface area (Å²) in [7, 11) is 1.39. The van der Waals surface area contributed by atoms with E-state index in [1.165, 1.54) is 7.11 Å². The third-order valence-corrected chi connectivity index (χ3v) is 8.31. The SMILES string of the molecule is COC(=O)C[C@H]1COc2cc(OC3CCc4c(-c5c(C)cc(OC6CCOCC6)cc5C)ccc(F)c43)ccc21. The molecule has 3 aromatic carbocycles. The zero-order valence-electron chi connectivity index (χ0n) is 23.3. The van der Waals surface area contributed by atoms with Crippen LogP contribution in [0.15, 0.2) is 42.5 Å². The summed E-state index contributed by atoms with van der Waals surface area (Å²) in [5.41, 5.74) is 6.99. The molecule has 1 fully saturated rings. The second-order valence-corrected chi connectivity index (χ2v) is 11.0. The first-order valence-electron chi connectivity index (χ1n) is 14.1. The van der Waals surface area contributed by atoms with Gasteiger partial charge >= 0.3 is 5.97 Å². The topological polar surface area (TPSA) is 63.2 Å². The highest BCUT2D eigenvalue weighted by molar-refractivity contribution is 5.76. The summed E-state index contributed by atoms with van der Waals surface area (Å²) in [4.78, 5) is 11.7. The maximum Gasteiger partial charge on any atom is 0.306 e. The van der Waals surface area contributed by atoms with Gasteiger partial charge in [0.2, 0.25) is 0 Å². The van der Waals surface area contributed by atoms with Crippen molar-refractivity contribution in [3.05, 3.63) is 76.1 Å². The van der Waals surface area contributed by atoms with E-state index < -0.39 is 6.10 Å². The fourth-order valence-corrected chi connectivity index (χ4v) is 6.38. The number of hydrogen-bond acceptors (Lipinski definition) is 6. The largest absolute Gasteiger partial charge is 0.492 e. The zero-order valence-corrected chi connectivity index (χ0v) is 23.3. The second-order valence-electron chi connectivity index (χ2n) is 11.0. The van der Waals surface area contributed by atoms with Crippen LogP contribution in [-0.4, -0.2) is 39.0 Å². The third kappa shape index (κ3) is 5.15. The molecule has 0 aromatic heterocycles. The van der Waals surface area contributed by atoms with Crippen molar-refractivity contribution < 1.29 is 32.9 Å². The molecule has 2 aliphatic heterocycles. The van der Waals surface area contributed by atoms with Gasteiger partial charge in [-0.05, 0) is 78.8 Å². The van der Waals surface area contributed by atoms with Crippen LogP contribution in [0.3, 0.4) is 0 Å². The van der Waals surface area contributed by atoms with Crippen molar-refractivity contribution in [3.63, 3.8) is 0 Å². The molecule has 1 saturated heterocycles. The lowest BCUT2D eigenvalue weighted by atomic mass is 9.90. The van der Waals surface area contributed by atoms with Crippen molar-refractivity contribution in [3.8, 4) is 28.4 Å². The smallest absolute Gasteiger partial charge is 0.306 e. The van der Waals surface area contributed by atoms with E-state index in [1.54, 1.807) is 6.07 Å². The van der Waals surface area contributed by atoms with Crippen LogP contribution in [0.5, 0.6) is 17.2 Å². The molecule has 0 radical (unpaired) electrons. The molecule has 1 unspecified atom stereocenters. The first-order chi connectivity index (χ1) is 19.4. The number of carbonyl (C=O) groups is 1. The number of hydrogen-bond donors (Lipinski definition) is 0. The minimum Gasteiger partial charge on any atom is -0.492 e. The van der Waals surface area contributed by atoms with Gasteiger partial charge in [0.25, 0.3) is 0 Å². The predicted molar refractivity (Wildman–Crippen MR) is 149 cm³/mol. The standard InChI is InChI=1S/C33H35FO6/c1-19-14-24(39-22-10-12-37-13-11-22)15-20(2)32(19)26-6-8-28(34)33-27(26)7-9-29(33)40-23-4-5-25-21(16-31(35)36-3)18-38-30(25)17-23/h4-6,8,14-15,17,21-22,29H,7,9-13,16,18H2,1-3H3/t21-,29?/m0/s1. The third-order valence-electron chi connectivity index (χ3n) is 8.31. The summed E-state index contributed by atoms with van der Waals surface area (Å²) >= 11 is 0. The molecule has 2 atom stereocenters. The van der Waals surface area contributed by atoms with E-state index in [-0.39, 0.29) is 30.2 Å². The minimum atomic E-state index is -0.392. The van der Waals surface area contributed by atoms with Crippen LogP contribution in [0, 0.1) is 19.7 Å². The van der Waals surface area contributed by atoms with E-state index in [0.29, 0.717) is 30.1 Å². The number of rotatable bonds is 7. The number of halogens is 1. The Morgan fingerprint density at radius 1 is 0.975 bits per heavy atom. The molecule has 0 N–H and O–H groups in total. The van der Waals surface area contributed by atoms with Gasteiger partial charge in [0, 0.05) is 36.0 Å². The van der Waals surface area contributed by atoms with Crippen LogP contribution in [0.2, 0.25) is 0 Å².